The van der Waals surface area contributed by atoms with E-state index in [0.717, 1.165) is 67.7 Å². The molecule has 0 saturated carbocycles. The first-order valence-corrected chi connectivity index (χ1v) is 8.34. The van der Waals surface area contributed by atoms with Gasteiger partial charge in [0.25, 0.3) is 0 Å². The molecule has 0 amide bonds. The Bertz CT molecular complexity index is 393. The molecule has 0 atom stereocenters. The van der Waals surface area contributed by atoms with Gasteiger partial charge in [-0.3, -0.25) is 0 Å². The van der Waals surface area contributed by atoms with Crippen molar-refractivity contribution < 1.29 is 9.47 Å². The molecule has 1 rings (SSSR count). The van der Waals surface area contributed by atoms with Crippen LogP contribution in [0.5, 0.6) is 11.5 Å². The van der Waals surface area contributed by atoms with Crippen LogP contribution in [0.15, 0.2) is 48.0 Å². The number of benzene rings is 1. The Morgan fingerprint density at radius 3 is 1.76 bits per heavy atom. The second-order valence-corrected chi connectivity index (χ2v) is 5.63. The van der Waals surface area contributed by atoms with E-state index in [1.165, 1.54) is 0 Å². The molecule has 0 fully saturated rings. The normalized spacial score (nSPS) is 10.1. The highest BCUT2D eigenvalue weighted by molar-refractivity contribution is 9.10. The minimum atomic E-state index is 0.717. The summed E-state index contributed by atoms with van der Waals surface area (Å²) in [4.78, 5) is 0. The van der Waals surface area contributed by atoms with Crippen LogP contribution in [0.4, 0.5) is 0 Å². The maximum Gasteiger partial charge on any atom is 0.137 e. The number of rotatable bonds is 12. The Labute approximate surface area is 137 Å². The minimum absolute atomic E-state index is 0.717. The third-order valence-electron chi connectivity index (χ3n) is 3.05. The van der Waals surface area contributed by atoms with Gasteiger partial charge in [-0.1, -0.05) is 18.2 Å². The van der Waals surface area contributed by atoms with Crippen LogP contribution in [0, 0.1) is 0 Å². The molecule has 0 radical (unpaired) electrons. The topological polar surface area (TPSA) is 18.5 Å². The molecule has 0 N–H and O–H groups in total. The average Bonchev–Trinajstić information content (AvgIpc) is 2.50. The Hall–Kier alpha value is -1.22. The molecule has 0 aliphatic rings. The Kier molecular flexibility index (Phi) is 9.71. The summed E-state index contributed by atoms with van der Waals surface area (Å²) in [5.41, 5.74) is 0. The van der Waals surface area contributed by atoms with Crippen molar-refractivity contribution in [1.82, 2.24) is 0 Å². The summed E-state index contributed by atoms with van der Waals surface area (Å²) >= 11 is 3.56. The van der Waals surface area contributed by atoms with Crippen molar-refractivity contribution in [3.05, 3.63) is 48.0 Å². The summed E-state index contributed by atoms with van der Waals surface area (Å²) in [6, 6.07) is 5.88. The van der Waals surface area contributed by atoms with E-state index >= 15 is 0 Å². The Morgan fingerprint density at radius 1 is 0.857 bits per heavy atom. The third-order valence-corrected chi connectivity index (χ3v) is 3.83. The summed E-state index contributed by atoms with van der Waals surface area (Å²) in [5.74, 6) is 1.69. The lowest BCUT2D eigenvalue weighted by Gasteiger charge is -2.12. The minimum Gasteiger partial charge on any atom is -0.492 e. The average molecular weight is 353 g/mol. The van der Waals surface area contributed by atoms with E-state index < -0.39 is 0 Å². The number of hydrogen-bond donors (Lipinski definition) is 0. The zero-order chi connectivity index (χ0) is 15.3. The van der Waals surface area contributed by atoms with Gasteiger partial charge in [0, 0.05) is 0 Å². The highest BCUT2D eigenvalue weighted by atomic mass is 79.9. The first kappa shape index (κ1) is 17.8. The summed E-state index contributed by atoms with van der Waals surface area (Å²) in [6.45, 7) is 8.87. The van der Waals surface area contributed by atoms with Crippen LogP contribution in [0.1, 0.15) is 38.5 Å². The molecule has 0 heterocycles. The van der Waals surface area contributed by atoms with Gasteiger partial charge in [0.15, 0.2) is 0 Å². The number of unbranched alkanes of at least 4 members (excludes halogenated alkanes) is 4. The van der Waals surface area contributed by atoms with Crippen molar-refractivity contribution in [3.8, 4) is 11.5 Å². The predicted octanol–water partition coefficient (Wildman–Crippen LogP) is 5.92. The van der Waals surface area contributed by atoms with Crippen LogP contribution in [0.25, 0.3) is 0 Å². The van der Waals surface area contributed by atoms with Crippen LogP contribution in [-0.4, -0.2) is 13.2 Å². The van der Waals surface area contributed by atoms with Crippen LogP contribution in [0.3, 0.4) is 0 Å². The third kappa shape index (κ3) is 7.37. The second kappa shape index (κ2) is 11.4. The molecule has 0 aliphatic carbocycles. The second-order valence-electron chi connectivity index (χ2n) is 4.83. The molecule has 0 aromatic heterocycles. The number of halogens is 1. The smallest absolute Gasteiger partial charge is 0.137 e. The van der Waals surface area contributed by atoms with Crippen LogP contribution in [0.2, 0.25) is 0 Å². The first-order valence-electron chi connectivity index (χ1n) is 7.55. The van der Waals surface area contributed by atoms with Gasteiger partial charge in [-0.25, -0.2) is 0 Å². The van der Waals surface area contributed by atoms with E-state index in [9.17, 15) is 0 Å². The van der Waals surface area contributed by atoms with Crippen molar-refractivity contribution >= 4 is 15.9 Å². The Morgan fingerprint density at radius 2 is 1.33 bits per heavy atom. The highest BCUT2D eigenvalue weighted by Gasteiger charge is 2.07. The molecule has 1 aromatic carbocycles. The molecule has 2 nitrogen and oxygen atoms in total. The largest absolute Gasteiger partial charge is 0.492 e. The van der Waals surface area contributed by atoms with Gasteiger partial charge in [-0.2, -0.15) is 0 Å². The molecule has 3 heteroatoms. The number of allylic oxidation sites excluding steroid dienone is 2. The molecule has 0 bridgehead atoms. The van der Waals surface area contributed by atoms with E-state index in [1.54, 1.807) is 0 Å². The van der Waals surface area contributed by atoms with E-state index in [4.69, 9.17) is 9.47 Å². The molecule has 116 valence electrons. The van der Waals surface area contributed by atoms with Gasteiger partial charge in [0.1, 0.15) is 16.0 Å². The van der Waals surface area contributed by atoms with Gasteiger partial charge in [-0.05, 0) is 66.6 Å². The number of hydrogen-bond acceptors (Lipinski definition) is 2. The standard InChI is InChI=1S/C18H25BrO2/c1-3-5-7-9-14-20-16-12-11-13-17(18(16)19)21-15-10-8-6-4-2/h3-4,11-13H,1-2,5-10,14-15H2. The van der Waals surface area contributed by atoms with Gasteiger partial charge in [0.05, 0.1) is 13.2 Å². The van der Waals surface area contributed by atoms with E-state index in [2.05, 4.69) is 29.1 Å². The van der Waals surface area contributed by atoms with Crippen molar-refractivity contribution in [1.29, 1.82) is 0 Å². The molecule has 1 aromatic rings. The highest BCUT2D eigenvalue weighted by Crippen LogP contribution is 2.34. The predicted molar refractivity (Wildman–Crippen MR) is 93.2 cm³/mol. The quantitative estimate of drug-likeness (QED) is 0.343. The zero-order valence-electron chi connectivity index (χ0n) is 12.7. The van der Waals surface area contributed by atoms with E-state index in [0.29, 0.717) is 0 Å². The van der Waals surface area contributed by atoms with Crippen molar-refractivity contribution in [2.45, 2.75) is 38.5 Å². The lowest BCUT2D eigenvalue weighted by molar-refractivity contribution is 0.289. The lowest BCUT2D eigenvalue weighted by Crippen LogP contribution is -2.01. The van der Waals surface area contributed by atoms with Gasteiger partial charge in [0.2, 0.25) is 0 Å². The zero-order valence-corrected chi connectivity index (χ0v) is 14.2. The fraction of sp³-hybridized carbons (Fsp3) is 0.444. The van der Waals surface area contributed by atoms with Crippen molar-refractivity contribution in [3.63, 3.8) is 0 Å². The van der Waals surface area contributed by atoms with Crippen LogP contribution >= 0.6 is 15.9 Å². The monoisotopic (exact) mass is 352 g/mol. The molecule has 0 unspecified atom stereocenters. The van der Waals surface area contributed by atoms with Crippen molar-refractivity contribution in [2.24, 2.45) is 0 Å². The lowest BCUT2D eigenvalue weighted by atomic mass is 10.2. The fourth-order valence-corrected chi connectivity index (χ4v) is 2.35. The van der Waals surface area contributed by atoms with Crippen LogP contribution < -0.4 is 9.47 Å². The fourth-order valence-electron chi connectivity index (χ4n) is 1.86. The van der Waals surface area contributed by atoms with E-state index in [-0.39, 0.29) is 0 Å². The maximum absolute atomic E-state index is 5.79. The molecule has 21 heavy (non-hydrogen) atoms. The molecule has 0 aliphatic heterocycles. The summed E-state index contributed by atoms with van der Waals surface area (Å²) in [5, 5.41) is 0. The first-order chi connectivity index (χ1) is 10.3. The molecular weight excluding hydrogens is 328 g/mol. The van der Waals surface area contributed by atoms with Gasteiger partial charge in [-0.15, -0.1) is 13.2 Å². The molecular formula is C18H25BrO2. The summed E-state index contributed by atoms with van der Waals surface area (Å²) in [7, 11) is 0. The SMILES string of the molecule is C=CCCCCOc1cccc(OCCCCC=C)c1Br. The van der Waals surface area contributed by atoms with Crippen LogP contribution in [-0.2, 0) is 0 Å². The maximum atomic E-state index is 5.79. The summed E-state index contributed by atoms with van der Waals surface area (Å²) < 4.78 is 12.5. The number of ether oxygens (including phenoxy) is 2. The van der Waals surface area contributed by atoms with Gasteiger partial charge < -0.3 is 9.47 Å². The summed E-state index contributed by atoms with van der Waals surface area (Å²) in [6.07, 6.45) is 10.3. The van der Waals surface area contributed by atoms with Crippen molar-refractivity contribution in [2.75, 3.05) is 13.2 Å². The van der Waals surface area contributed by atoms with E-state index in [1.807, 2.05) is 30.4 Å². The molecule has 0 spiro atoms. The molecule has 0 saturated heterocycles. The Balaban J connectivity index is 2.38. The van der Waals surface area contributed by atoms with Gasteiger partial charge >= 0.3 is 0 Å².